The SMILES string of the molecule is CN1CCC[C@@H]1CC1CCc2ccc(C3CCSCC3)cc21. The lowest BCUT2D eigenvalue weighted by molar-refractivity contribution is 0.281. The van der Waals surface area contributed by atoms with Crippen LogP contribution in [0.3, 0.4) is 0 Å². The molecule has 2 fully saturated rings. The Bertz CT molecular complexity index is 520. The zero-order valence-corrected chi connectivity index (χ0v) is 14.7. The first kappa shape index (κ1) is 15.1. The summed E-state index contributed by atoms with van der Waals surface area (Å²) in [6.45, 7) is 1.31. The molecule has 4 rings (SSSR count). The topological polar surface area (TPSA) is 3.24 Å². The Kier molecular flexibility index (Phi) is 4.50. The van der Waals surface area contributed by atoms with Crippen molar-refractivity contribution in [3.8, 4) is 0 Å². The molecule has 2 saturated heterocycles. The third kappa shape index (κ3) is 2.97. The molecule has 1 aliphatic carbocycles. The molecule has 0 radical (unpaired) electrons. The van der Waals surface area contributed by atoms with E-state index in [-0.39, 0.29) is 0 Å². The molecule has 2 aliphatic heterocycles. The van der Waals surface area contributed by atoms with Crippen molar-refractivity contribution in [2.24, 2.45) is 0 Å². The van der Waals surface area contributed by atoms with Gasteiger partial charge >= 0.3 is 0 Å². The highest BCUT2D eigenvalue weighted by molar-refractivity contribution is 7.99. The predicted octanol–water partition coefficient (Wildman–Crippen LogP) is 4.81. The van der Waals surface area contributed by atoms with Crippen molar-refractivity contribution < 1.29 is 0 Å². The molecular formula is C20H29NS. The highest BCUT2D eigenvalue weighted by Gasteiger charge is 2.30. The van der Waals surface area contributed by atoms with Crippen LogP contribution in [0.1, 0.15) is 67.1 Å². The van der Waals surface area contributed by atoms with Crippen molar-refractivity contribution in [3.63, 3.8) is 0 Å². The van der Waals surface area contributed by atoms with Gasteiger partial charge in [0, 0.05) is 6.04 Å². The number of likely N-dealkylation sites (tertiary alicyclic amines) is 1. The number of hydrogen-bond acceptors (Lipinski definition) is 2. The molecule has 2 atom stereocenters. The van der Waals surface area contributed by atoms with Gasteiger partial charge in [0.25, 0.3) is 0 Å². The normalized spacial score (nSPS) is 29.9. The summed E-state index contributed by atoms with van der Waals surface area (Å²) >= 11 is 2.14. The van der Waals surface area contributed by atoms with Crippen LogP contribution in [0, 0.1) is 0 Å². The van der Waals surface area contributed by atoms with Crippen LogP contribution < -0.4 is 0 Å². The first-order valence-corrected chi connectivity index (χ1v) is 10.4. The molecule has 1 aromatic carbocycles. The number of thioether (sulfide) groups is 1. The number of aryl methyl sites for hydroxylation is 1. The van der Waals surface area contributed by atoms with Crippen LogP contribution >= 0.6 is 11.8 Å². The van der Waals surface area contributed by atoms with Crippen LogP contribution in [0.2, 0.25) is 0 Å². The molecule has 120 valence electrons. The van der Waals surface area contributed by atoms with Gasteiger partial charge in [-0.05, 0) is 98.6 Å². The van der Waals surface area contributed by atoms with Crippen LogP contribution in [-0.2, 0) is 6.42 Å². The molecule has 0 aromatic heterocycles. The van der Waals surface area contributed by atoms with E-state index in [2.05, 4.69) is 41.9 Å². The summed E-state index contributed by atoms with van der Waals surface area (Å²) in [6, 6.07) is 8.36. The average molecular weight is 316 g/mol. The summed E-state index contributed by atoms with van der Waals surface area (Å²) in [4.78, 5) is 2.60. The van der Waals surface area contributed by atoms with Crippen LogP contribution in [0.5, 0.6) is 0 Å². The smallest absolute Gasteiger partial charge is 0.00985 e. The van der Waals surface area contributed by atoms with Crippen LogP contribution in [-0.4, -0.2) is 36.0 Å². The number of rotatable bonds is 3. The van der Waals surface area contributed by atoms with Gasteiger partial charge in [0.2, 0.25) is 0 Å². The summed E-state index contributed by atoms with van der Waals surface area (Å²) < 4.78 is 0. The Balaban J connectivity index is 1.52. The van der Waals surface area contributed by atoms with Crippen molar-refractivity contribution in [3.05, 3.63) is 34.9 Å². The first-order chi connectivity index (χ1) is 10.8. The van der Waals surface area contributed by atoms with E-state index in [1.807, 2.05) is 0 Å². The van der Waals surface area contributed by atoms with E-state index in [9.17, 15) is 0 Å². The summed E-state index contributed by atoms with van der Waals surface area (Å²) in [7, 11) is 2.32. The standard InChI is InChI=1S/C20H29NS/c1-21-10-2-3-19(21)13-18-7-5-16-4-6-17(14-20(16)18)15-8-11-22-12-9-15/h4,6,14-15,18-19H,2-3,5,7-13H2,1H3/t18?,19-/m1/s1. The van der Waals surface area contributed by atoms with Gasteiger partial charge < -0.3 is 4.90 Å². The second-order valence-corrected chi connectivity index (χ2v) is 8.82. The third-order valence-corrected chi connectivity index (χ3v) is 7.34. The second kappa shape index (κ2) is 6.57. The Morgan fingerprint density at radius 3 is 2.77 bits per heavy atom. The lowest BCUT2D eigenvalue weighted by Crippen LogP contribution is -2.26. The average Bonchev–Trinajstić information content (AvgIpc) is 3.15. The van der Waals surface area contributed by atoms with E-state index >= 15 is 0 Å². The summed E-state index contributed by atoms with van der Waals surface area (Å²) in [5.74, 6) is 4.39. The monoisotopic (exact) mass is 315 g/mol. The number of benzene rings is 1. The molecule has 1 unspecified atom stereocenters. The van der Waals surface area contributed by atoms with E-state index in [1.165, 1.54) is 63.0 Å². The number of fused-ring (bicyclic) bond motifs is 1. The zero-order valence-electron chi connectivity index (χ0n) is 13.9. The first-order valence-electron chi connectivity index (χ1n) is 9.22. The minimum atomic E-state index is 0.832. The van der Waals surface area contributed by atoms with E-state index in [4.69, 9.17) is 0 Å². The quantitative estimate of drug-likeness (QED) is 0.787. The molecule has 0 bridgehead atoms. The van der Waals surface area contributed by atoms with E-state index in [0.717, 1.165) is 17.9 Å². The molecular weight excluding hydrogens is 286 g/mol. The van der Waals surface area contributed by atoms with Gasteiger partial charge in [-0.15, -0.1) is 0 Å². The summed E-state index contributed by atoms with van der Waals surface area (Å²) in [6.07, 6.45) is 9.70. The Hall–Kier alpha value is -0.470. The molecule has 3 aliphatic rings. The van der Waals surface area contributed by atoms with Gasteiger partial charge in [-0.2, -0.15) is 11.8 Å². The Morgan fingerprint density at radius 2 is 2.00 bits per heavy atom. The van der Waals surface area contributed by atoms with Gasteiger partial charge in [-0.25, -0.2) is 0 Å². The molecule has 0 N–H and O–H groups in total. The molecule has 0 amide bonds. The lowest BCUT2D eigenvalue weighted by atomic mass is 9.87. The van der Waals surface area contributed by atoms with Crippen LogP contribution in [0.4, 0.5) is 0 Å². The van der Waals surface area contributed by atoms with E-state index in [0.29, 0.717) is 0 Å². The van der Waals surface area contributed by atoms with Crippen molar-refractivity contribution in [2.45, 2.75) is 62.8 Å². The molecule has 0 saturated carbocycles. The van der Waals surface area contributed by atoms with Gasteiger partial charge in [-0.1, -0.05) is 18.2 Å². The molecule has 2 heterocycles. The molecule has 1 aromatic rings. The lowest BCUT2D eigenvalue weighted by Gasteiger charge is -2.25. The largest absolute Gasteiger partial charge is 0.303 e. The Morgan fingerprint density at radius 1 is 1.14 bits per heavy atom. The van der Waals surface area contributed by atoms with Gasteiger partial charge in [0.15, 0.2) is 0 Å². The Labute approximate surface area is 139 Å². The second-order valence-electron chi connectivity index (χ2n) is 7.59. The van der Waals surface area contributed by atoms with Gasteiger partial charge in [0.05, 0.1) is 0 Å². The molecule has 1 nitrogen and oxygen atoms in total. The molecule has 22 heavy (non-hydrogen) atoms. The zero-order chi connectivity index (χ0) is 14.9. The third-order valence-electron chi connectivity index (χ3n) is 6.29. The number of hydrogen-bond donors (Lipinski definition) is 0. The molecule has 0 spiro atoms. The van der Waals surface area contributed by atoms with E-state index < -0.39 is 0 Å². The van der Waals surface area contributed by atoms with Crippen molar-refractivity contribution >= 4 is 11.8 Å². The van der Waals surface area contributed by atoms with Crippen molar-refractivity contribution in [2.75, 3.05) is 25.1 Å². The van der Waals surface area contributed by atoms with Gasteiger partial charge in [-0.3, -0.25) is 0 Å². The maximum Gasteiger partial charge on any atom is 0.00985 e. The van der Waals surface area contributed by atoms with Gasteiger partial charge in [0.1, 0.15) is 0 Å². The fourth-order valence-electron chi connectivity index (χ4n) is 4.84. The fourth-order valence-corrected chi connectivity index (χ4v) is 5.95. The van der Waals surface area contributed by atoms with E-state index in [1.54, 1.807) is 16.7 Å². The van der Waals surface area contributed by atoms with Crippen LogP contribution in [0.15, 0.2) is 18.2 Å². The summed E-state index contributed by atoms with van der Waals surface area (Å²) in [5, 5.41) is 0. The predicted molar refractivity (Wildman–Crippen MR) is 97.1 cm³/mol. The maximum absolute atomic E-state index is 2.61. The highest BCUT2D eigenvalue weighted by Crippen LogP contribution is 2.41. The maximum atomic E-state index is 2.61. The van der Waals surface area contributed by atoms with Crippen LogP contribution in [0.25, 0.3) is 0 Å². The van der Waals surface area contributed by atoms with Crippen molar-refractivity contribution in [1.29, 1.82) is 0 Å². The molecule has 2 heteroatoms. The minimum absolute atomic E-state index is 0.832. The summed E-state index contributed by atoms with van der Waals surface area (Å²) in [5.41, 5.74) is 5.02. The number of nitrogens with zero attached hydrogens (tertiary/aromatic N) is 1. The fraction of sp³-hybridized carbons (Fsp3) is 0.700. The minimum Gasteiger partial charge on any atom is -0.303 e. The highest BCUT2D eigenvalue weighted by atomic mass is 32.2. The van der Waals surface area contributed by atoms with Crippen molar-refractivity contribution in [1.82, 2.24) is 4.90 Å².